The number of nitrogens with one attached hydrogen (secondary N) is 2. The van der Waals surface area contributed by atoms with Crippen molar-refractivity contribution in [3.63, 3.8) is 0 Å². The number of hydrogen-bond donors (Lipinski definition) is 2. The summed E-state index contributed by atoms with van der Waals surface area (Å²) in [5, 5.41) is 20.3. The van der Waals surface area contributed by atoms with Crippen LogP contribution in [0.4, 0.5) is 11.4 Å². The monoisotopic (exact) mass is 564 g/mol. The van der Waals surface area contributed by atoms with Crippen LogP contribution in [-0.2, 0) is 9.59 Å². The fraction of sp³-hybridized carbons (Fsp3) is 0.154. The van der Waals surface area contributed by atoms with Crippen LogP contribution in [-0.4, -0.2) is 22.6 Å². The van der Waals surface area contributed by atoms with Crippen LogP contribution in [0.3, 0.4) is 0 Å². The van der Waals surface area contributed by atoms with Gasteiger partial charge in [0.05, 0.1) is 16.9 Å². The Balaban J connectivity index is 1.58. The highest BCUT2D eigenvalue weighted by atomic mass is 79.9. The van der Waals surface area contributed by atoms with Crippen molar-refractivity contribution in [2.75, 3.05) is 16.4 Å². The average Bonchev–Trinajstić information content (AvgIpc) is 3.39. The summed E-state index contributed by atoms with van der Waals surface area (Å²) in [6, 6.07) is 20.8. The van der Waals surface area contributed by atoms with E-state index >= 15 is 0 Å². The Kier molecular flexibility index (Phi) is 8.18. The number of nitrogens with zero attached hydrogens (tertiary/aromatic N) is 2. The van der Waals surface area contributed by atoms with Gasteiger partial charge in [0.15, 0.2) is 0 Å². The number of carbonyl (C=O) groups excluding carboxylic acids is 2. The van der Waals surface area contributed by atoms with Gasteiger partial charge in [-0.2, -0.15) is 16.6 Å². The van der Waals surface area contributed by atoms with E-state index in [4.69, 9.17) is 0 Å². The van der Waals surface area contributed by atoms with Gasteiger partial charge in [-0.1, -0.05) is 45.9 Å². The zero-order chi connectivity index (χ0) is 24.8. The summed E-state index contributed by atoms with van der Waals surface area (Å²) in [6.45, 7) is 1.77. The fourth-order valence-corrected chi connectivity index (χ4v) is 5.67. The standard InChI is InChI=1S/C26H21BrN4O2S2/c1-16-23(25(33)31-19-5-3-2-4-6-19)24(17-11-12-34-14-17)21(13-28)26(29-16)35-15-22(32)30-20-9-7-18(27)8-10-20/h2-12,14,21,24H,15H2,1H3,(H,30,32)(H,31,33). The van der Waals surface area contributed by atoms with Gasteiger partial charge in [-0.3, -0.25) is 9.59 Å². The largest absolute Gasteiger partial charge is 0.325 e. The minimum Gasteiger partial charge on any atom is -0.325 e. The van der Waals surface area contributed by atoms with Gasteiger partial charge in [-0.05, 0) is 65.7 Å². The maximum Gasteiger partial charge on any atom is 0.254 e. The third-order valence-electron chi connectivity index (χ3n) is 5.37. The molecule has 0 bridgehead atoms. The van der Waals surface area contributed by atoms with Crippen LogP contribution < -0.4 is 10.6 Å². The summed E-state index contributed by atoms with van der Waals surface area (Å²) >= 11 is 6.11. The number of aliphatic imine (C=N–C) groups is 1. The molecule has 3 aromatic rings. The van der Waals surface area contributed by atoms with E-state index in [-0.39, 0.29) is 17.6 Å². The number of benzene rings is 2. The summed E-state index contributed by atoms with van der Waals surface area (Å²) in [5.41, 5.74) is 3.24. The van der Waals surface area contributed by atoms with Crippen LogP contribution in [0.5, 0.6) is 0 Å². The van der Waals surface area contributed by atoms with Crippen molar-refractivity contribution in [2.24, 2.45) is 10.9 Å². The Hall–Kier alpha value is -3.19. The van der Waals surface area contributed by atoms with Gasteiger partial charge in [0.2, 0.25) is 5.91 Å². The number of halogens is 1. The van der Waals surface area contributed by atoms with Gasteiger partial charge in [0.25, 0.3) is 5.91 Å². The SMILES string of the molecule is CC1=C(C(=O)Nc2ccccc2)C(c2ccsc2)C(C#N)C(SCC(=O)Nc2ccc(Br)cc2)=N1. The first kappa shape index (κ1) is 24.9. The molecule has 1 aliphatic rings. The molecule has 1 aliphatic heterocycles. The molecule has 6 nitrogen and oxygen atoms in total. The van der Waals surface area contributed by atoms with Crippen LogP contribution in [0.15, 0.2) is 92.2 Å². The maximum atomic E-state index is 13.3. The number of allylic oxidation sites excluding steroid dienone is 1. The minimum absolute atomic E-state index is 0.0995. The number of amides is 2. The molecule has 2 amide bonds. The third-order valence-corrected chi connectivity index (χ3v) is 7.65. The summed E-state index contributed by atoms with van der Waals surface area (Å²) < 4.78 is 0.923. The predicted molar refractivity (Wildman–Crippen MR) is 147 cm³/mol. The maximum absolute atomic E-state index is 13.3. The number of thiophene rings is 1. The summed E-state index contributed by atoms with van der Waals surface area (Å²) in [6.07, 6.45) is 0. The second kappa shape index (κ2) is 11.5. The second-order valence-corrected chi connectivity index (χ2v) is 10.4. The van der Waals surface area contributed by atoms with E-state index in [1.807, 2.05) is 59.3 Å². The van der Waals surface area contributed by atoms with Gasteiger partial charge in [-0.15, -0.1) is 0 Å². The Morgan fingerprint density at radius 2 is 1.80 bits per heavy atom. The van der Waals surface area contributed by atoms with E-state index in [1.54, 1.807) is 19.1 Å². The Labute approximate surface area is 220 Å². The van der Waals surface area contributed by atoms with E-state index in [0.717, 1.165) is 10.0 Å². The number of hydrogen-bond acceptors (Lipinski definition) is 6. The number of carbonyl (C=O) groups is 2. The van der Waals surface area contributed by atoms with E-state index in [2.05, 4.69) is 37.6 Å². The normalized spacial score (nSPS) is 17.3. The van der Waals surface area contributed by atoms with Gasteiger partial charge < -0.3 is 10.6 Å². The number of nitriles is 1. The molecule has 0 saturated carbocycles. The molecule has 2 atom stereocenters. The smallest absolute Gasteiger partial charge is 0.254 e. The molecule has 35 heavy (non-hydrogen) atoms. The molecule has 0 aliphatic carbocycles. The zero-order valence-corrected chi connectivity index (χ0v) is 21.9. The summed E-state index contributed by atoms with van der Waals surface area (Å²) in [7, 11) is 0. The average molecular weight is 566 g/mol. The molecule has 0 radical (unpaired) electrons. The molecule has 9 heteroatoms. The Bertz CT molecular complexity index is 1310. The molecule has 176 valence electrons. The number of anilines is 2. The van der Waals surface area contributed by atoms with Crippen LogP contribution in [0, 0.1) is 17.2 Å². The van der Waals surface area contributed by atoms with Crippen molar-refractivity contribution in [3.05, 3.63) is 92.7 Å². The van der Waals surface area contributed by atoms with Crippen molar-refractivity contribution in [1.82, 2.24) is 0 Å². The van der Waals surface area contributed by atoms with Crippen molar-refractivity contribution in [2.45, 2.75) is 12.8 Å². The molecule has 2 aromatic carbocycles. The number of para-hydroxylation sites is 1. The lowest BCUT2D eigenvalue weighted by Crippen LogP contribution is -2.31. The fourth-order valence-electron chi connectivity index (χ4n) is 3.79. The van der Waals surface area contributed by atoms with Crippen molar-refractivity contribution in [1.29, 1.82) is 5.26 Å². The van der Waals surface area contributed by atoms with Crippen molar-refractivity contribution >= 4 is 67.3 Å². The topological polar surface area (TPSA) is 94.4 Å². The van der Waals surface area contributed by atoms with Crippen LogP contribution in [0.2, 0.25) is 0 Å². The number of thioether (sulfide) groups is 1. The van der Waals surface area contributed by atoms with E-state index in [9.17, 15) is 14.9 Å². The molecule has 2 heterocycles. The molecule has 0 fully saturated rings. The second-order valence-electron chi connectivity index (χ2n) is 7.75. The van der Waals surface area contributed by atoms with E-state index in [0.29, 0.717) is 27.7 Å². The molecular formula is C26H21BrN4O2S2. The lowest BCUT2D eigenvalue weighted by molar-refractivity contribution is -0.114. The van der Waals surface area contributed by atoms with Gasteiger partial charge in [0.1, 0.15) is 5.92 Å². The highest BCUT2D eigenvalue weighted by molar-refractivity contribution is 9.10. The summed E-state index contributed by atoms with van der Waals surface area (Å²) in [4.78, 5) is 30.5. The van der Waals surface area contributed by atoms with E-state index in [1.165, 1.54) is 23.1 Å². The number of rotatable bonds is 6. The Morgan fingerprint density at radius 1 is 1.09 bits per heavy atom. The molecule has 0 saturated heterocycles. The quantitative estimate of drug-likeness (QED) is 0.360. The zero-order valence-electron chi connectivity index (χ0n) is 18.7. The first-order valence-corrected chi connectivity index (χ1v) is 13.4. The molecule has 2 unspecified atom stereocenters. The van der Waals surface area contributed by atoms with Crippen LogP contribution in [0.1, 0.15) is 18.4 Å². The first-order chi connectivity index (χ1) is 17.0. The van der Waals surface area contributed by atoms with Gasteiger partial charge >= 0.3 is 0 Å². The summed E-state index contributed by atoms with van der Waals surface area (Å²) in [5.74, 6) is -1.55. The highest BCUT2D eigenvalue weighted by Gasteiger charge is 2.39. The first-order valence-electron chi connectivity index (χ1n) is 10.7. The lowest BCUT2D eigenvalue weighted by atomic mass is 9.79. The van der Waals surface area contributed by atoms with Crippen LogP contribution >= 0.6 is 39.0 Å². The lowest BCUT2D eigenvalue weighted by Gasteiger charge is -2.29. The van der Waals surface area contributed by atoms with Gasteiger partial charge in [0, 0.05) is 33.0 Å². The van der Waals surface area contributed by atoms with E-state index < -0.39 is 11.8 Å². The van der Waals surface area contributed by atoms with Crippen LogP contribution in [0.25, 0.3) is 0 Å². The molecular weight excluding hydrogens is 544 g/mol. The molecule has 4 rings (SSSR count). The minimum atomic E-state index is -0.685. The van der Waals surface area contributed by atoms with Gasteiger partial charge in [-0.25, -0.2) is 4.99 Å². The van der Waals surface area contributed by atoms with Crippen molar-refractivity contribution in [3.8, 4) is 6.07 Å². The highest BCUT2D eigenvalue weighted by Crippen LogP contribution is 2.42. The molecule has 2 N–H and O–H groups in total. The third kappa shape index (κ3) is 6.09. The Morgan fingerprint density at radius 3 is 2.46 bits per heavy atom. The molecule has 0 spiro atoms. The predicted octanol–water partition coefficient (Wildman–Crippen LogP) is 6.43. The van der Waals surface area contributed by atoms with Crippen molar-refractivity contribution < 1.29 is 9.59 Å². The molecule has 1 aromatic heterocycles.